The van der Waals surface area contributed by atoms with Crippen LogP contribution in [0.25, 0.3) is 22.0 Å². The van der Waals surface area contributed by atoms with Crippen molar-refractivity contribution in [1.29, 1.82) is 0 Å². The van der Waals surface area contributed by atoms with E-state index in [4.69, 9.17) is 14.5 Å². The van der Waals surface area contributed by atoms with Gasteiger partial charge in [-0.1, -0.05) is 6.92 Å². The Labute approximate surface area is 194 Å². The van der Waals surface area contributed by atoms with E-state index in [1.165, 1.54) is 10.9 Å². The predicted molar refractivity (Wildman–Crippen MR) is 125 cm³/mol. The van der Waals surface area contributed by atoms with Crippen LogP contribution in [0.1, 0.15) is 42.7 Å². The van der Waals surface area contributed by atoms with Crippen LogP contribution in [-0.4, -0.2) is 55.9 Å². The Kier molecular flexibility index (Phi) is 4.79. The summed E-state index contributed by atoms with van der Waals surface area (Å²) in [6.07, 6.45) is 6.90. The number of hydrogen-bond acceptors (Lipinski definition) is 8. The van der Waals surface area contributed by atoms with Gasteiger partial charge in [-0.2, -0.15) is 5.10 Å². The number of nitrogens with one attached hydrogen (secondary N) is 1. The third-order valence-corrected chi connectivity index (χ3v) is 7.97. The lowest BCUT2D eigenvalue weighted by Gasteiger charge is -2.48. The topological polar surface area (TPSA) is 95.0 Å². The van der Waals surface area contributed by atoms with E-state index in [0.29, 0.717) is 33.7 Å². The van der Waals surface area contributed by atoms with E-state index in [9.17, 15) is 4.79 Å². The first-order valence-electron chi connectivity index (χ1n) is 11.3. The molecule has 2 fully saturated rings. The van der Waals surface area contributed by atoms with Crippen LogP contribution < -0.4 is 15.6 Å². The van der Waals surface area contributed by atoms with Crippen molar-refractivity contribution in [2.75, 3.05) is 20.2 Å². The normalized spacial score (nSPS) is 25.1. The van der Waals surface area contributed by atoms with Gasteiger partial charge < -0.3 is 14.8 Å². The number of methoxy groups -OCH3 is 1. The quantitative estimate of drug-likeness (QED) is 0.494. The second-order valence-corrected chi connectivity index (χ2v) is 10.1. The van der Waals surface area contributed by atoms with E-state index in [1.807, 2.05) is 19.3 Å². The highest BCUT2D eigenvalue weighted by molar-refractivity contribution is 7.17. The summed E-state index contributed by atoms with van der Waals surface area (Å²) in [4.78, 5) is 24.2. The third-order valence-electron chi connectivity index (χ3n) is 6.83. The van der Waals surface area contributed by atoms with E-state index in [-0.39, 0.29) is 17.3 Å². The van der Waals surface area contributed by atoms with Crippen LogP contribution in [0, 0.1) is 6.92 Å². The number of aromatic nitrogens is 5. The summed E-state index contributed by atoms with van der Waals surface area (Å²) in [6.45, 7) is 5.86. The van der Waals surface area contributed by atoms with Crippen LogP contribution in [0.5, 0.6) is 5.75 Å². The fourth-order valence-corrected chi connectivity index (χ4v) is 6.25. The maximum atomic E-state index is 13.0. The Bertz CT molecular complexity index is 1430. The summed E-state index contributed by atoms with van der Waals surface area (Å²) in [6, 6.07) is 3.32. The number of hydrogen-bond donors (Lipinski definition) is 1. The predicted octanol–water partition coefficient (Wildman–Crippen LogP) is 2.80. The number of aryl methyl sites for hydroxylation is 1. The number of ether oxygens (including phenoxy) is 2. The van der Waals surface area contributed by atoms with Crippen LogP contribution in [-0.2, 0) is 4.74 Å². The molecule has 0 spiro atoms. The molecule has 3 atom stereocenters. The standard InChI is InChI=1S/C23H26N6O3S/c1-4-23-8-14(5-15(32-23)9-24-12-23)19-11-28-20(30)7-16(26-22(28)33-19)17-6-18(31-3)21-25-13(2)10-29(21)27-17/h6-7,10-11,14-15,24H,4-5,8-9,12H2,1-3H3/t14-,15+,23-/m0/s1. The van der Waals surface area contributed by atoms with Gasteiger partial charge in [0.1, 0.15) is 5.69 Å². The van der Waals surface area contributed by atoms with Gasteiger partial charge in [-0.3, -0.25) is 9.20 Å². The second kappa shape index (κ2) is 7.61. The van der Waals surface area contributed by atoms with Gasteiger partial charge in [-0.15, -0.1) is 11.3 Å². The van der Waals surface area contributed by atoms with Gasteiger partial charge in [-0.25, -0.2) is 14.5 Å². The molecule has 0 saturated carbocycles. The smallest absolute Gasteiger partial charge is 0.259 e. The highest BCUT2D eigenvalue weighted by Gasteiger charge is 2.43. The van der Waals surface area contributed by atoms with Gasteiger partial charge >= 0.3 is 0 Å². The Balaban J connectivity index is 1.41. The van der Waals surface area contributed by atoms with Crippen LogP contribution in [0.15, 0.2) is 29.3 Å². The van der Waals surface area contributed by atoms with E-state index in [1.54, 1.807) is 33.4 Å². The number of fused-ring (bicyclic) bond motifs is 4. The lowest BCUT2D eigenvalue weighted by Crippen LogP contribution is -2.57. The van der Waals surface area contributed by atoms with Crippen molar-refractivity contribution in [1.82, 2.24) is 29.3 Å². The van der Waals surface area contributed by atoms with E-state index >= 15 is 0 Å². The zero-order chi connectivity index (χ0) is 22.7. The molecule has 33 heavy (non-hydrogen) atoms. The SMILES string of the molecule is CC[C@@]12CNC[C@@H](C[C@H](c3cn4c(=O)cc(-c5cc(OC)c6nc(C)cn6n5)nc4s3)C1)O2. The molecular formula is C23H26N6O3S. The fourth-order valence-electron chi connectivity index (χ4n) is 5.15. The Morgan fingerprint density at radius 1 is 1.30 bits per heavy atom. The molecule has 2 bridgehead atoms. The van der Waals surface area contributed by atoms with Crippen LogP contribution in [0.2, 0.25) is 0 Å². The molecule has 2 saturated heterocycles. The molecule has 0 aromatic carbocycles. The zero-order valence-electron chi connectivity index (χ0n) is 18.9. The number of nitrogens with zero attached hydrogens (tertiary/aromatic N) is 5. The molecule has 2 aliphatic rings. The molecule has 6 heterocycles. The van der Waals surface area contributed by atoms with Gasteiger partial charge in [0.2, 0.25) is 0 Å². The van der Waals surface area contributed by atoms with Gasteiger partial charge in [0.05, 0.1) is 36.4 Å². The minimum Gasteiger partial charge on any atom is -0.493 e. The number of rotatable bonds is 4. The maximum absolute atomic E-state index is 13.0. The first kappa shape index (κ1) is 20.8. The van der Waals surface area contributed by atoms with Crippen molar-refractivity contribution < 1.29 is 9.47 Å². The average Bonchev–Trinajstić information content (AvgIpc) is 3.41. The molecular weight excluding hydrogens is 440 g/mol. The monoisotopic (exact) mass is 466 g/mol. The van der Waals surface area contributed by atoms with Gasteiger partial charge in [0.15, 0.2) is 16.4 Å². The minimum absolute atomic E-state index is 0.112. The highest BCUT2D eigenvalue weighted by Crippen LogP contribution is 2.43. The molecule has 2 aliphatic heterocycles. The lowest BCUT2D eigenvalue weighted by molar-refractivity contribution is -0.154. The summed E-state index contributed by atoms with van der Waals surface area (Å²) in [5, 5.41) is 8.15. The largest absolute Gasteiger partial charge is 0.493 e. The van der Waals surface area contributed by atoms with Crippen LogP contribution >= 0.6 is 11.3 Å². The first-order valence-corrected chi connectivity index (χ1v) is 12.1. The molecule has 9 nitrogen and oxygen atoms in total. The van der Waals surface area contributed by atoms with Gasteiger partial charge in [0.25, 0.3) is 5.56 Å². The molecule has 1 N–H and O–H groups in total. The maximum Gasteiger partial charge on any atom is 0.259 e. The summed E-state index contributed by atoms with van der Waals surface area (Å²) in [5.41, 5.74) is 2.34. The summed E-state index contributed by atoms with van der Waals surface area (Å²) >= 11 is 1.59. The molecule has 0 unspecified atom stereocenters. The molecule has 4 aromatic heterocycles. The summed E-state index contributed by atoms with van der Waals surface area (Å²) in [7, 11) is 1.60. The van der Waals surface area contributed by atoms with Crippen molar-refractivity contribution in [2.45, 2.75) is 50.7 Å². The Hall–Kier alpha value is -2.82. The number of thiazole rings is 1. The van der Waals surface area contributed by atoms with E-state index in [0.717, 1.165) is 38.0 Å². The molecule has 6 rings (SSSR count). The highest BCUT2D eigenvalue weighted by atomic mass is 32.1. The third kappa shape index (κ3) is 3.44. The number of imidazole rings is 1. The van der Waals surface area contributed by atoms with Crippen LogP contribution in [0.4, 0.5) is 0 Å². The van der Waals surface area contributed by atoms with Crippen molar-refractivity contribution in [3.8, 4) is 17.1 Å². The molecule has 10 heteroatoms. The lowest BCUT2D eigenvalue weighted by atomic mass is 9.79. The van der Waals surface area contributed by atoms with Crippen molar-refractivity contribution in [2.24, 2.45) is 0 Å². The summed E-state index contributed by atoms with van der Waals surface area (Å²) < 4.78 is 15.2. The zero-order valence-corrected chi connectivity index (χ0v) is 19.7. The number of morpholine rings is 1. The minimum atomic E-state index is -0.121. The second-order valence-electron chi connectivity index (χ2n) is 9.06. The van der Waals surface area contributed by atoms with Gasteiger partial charge in [0, 0.05) is 42.2 Å². The molecule has 172 valence electrons. The fraction of sp³-hybridized carbons (Fsp3) is 0.478. The van der Waals surface area contributed by atoms with E-state index in [2.05, 4.69) is 22.3 Å². The molecule has 4 aromatic rings. The van der Waals surface area contributed by atoms with Gasteiger partial charge in [-0.05, 0) is 26.2 Å². The van der Waals surface area contributed by atoms with Crippen molar-refractivity contribution in [3.05, 3.63) is 45.5 Å². The average molecular weight is 467 g/mol. The Morgan fingerprint density at radius 2 is 2.18 bits per heavy atom. The molecule has 0 radical (unpaired) electrons. The molecule has 0 amide bonds. The van der Waals surface area contributed by atoms with Crippen molar-refractivity contribution >= 4 is 21.9 Å². The first-order chi connectivity index (χ1) is 16.0. The summed E-state index contributed by atoms with van der Waals surface area (Å²) in [5.74, 6) is 0.957. The molecule has 0 aliphatic carbocycles. The van der Waals surface area contributed by atoms with Crippen LogP contribution in [0.3, 0.4) is 0 Å². The van der Waals surface area contributed by atoms with E-state index < -0.39 is 0 Å². The Morgan fingerprint density at radius 3 is 3.00 bits per heavy atom. The van der Waals surface area contributed by atoms with Crippen molar-refractivity contribution in [3.63, 3.8) is 0 Å².